The highest BCUT2D eigenvalue weighted by Crippen LogP contribution is 2.38. The van der Waals surface area contributed by atoms with E-state index in [1.54, 1.807) is 22.8 Å². The van der Waals surface area contributed by atoms with Crippen molar-refractivity contribution in [2.24, 2.45) is 12.8 Å². The molecule has 0 spiro atoms. The van der Waals surface area contributed by atoms with Gasteiger partial charge in [0.2, 0.25) is 0 Å². The topological polar surface area (TPSA) is 69.6 Å². The lowest BCUT2D eigenvalue weighted by Gasteiger charge is -2.19. The van der Waals surface area contributed by atoms with Gasteiger partial charge in [0.25, 0.3) is 0 Å². The molecule has 0 aromatic carbocycles. The Kier molecular flexibility index (Phi) is 4.14. The van der Waals surface area contributed by atoms with Gasteiger partial charge in [0.05, 0.1) is 11.4 Å². The minimum absolute atomic E-state index is 0.0908. The molecule has 92 valence electrons. The van der Waals surface area contributed by atoms with Crippen molar-refractivity contribution in [2.75, 3.05) is 0 Å². The molecule has 0 aliphatic carbocycles. The fourth-order valence-electron chi connectivity index (χ4n) is 1.53. The molecule has 2 aromatic rings. The Bertz CT molecular complexity index is 453. The third-order valence-electron chi connectivity index (χ3n) is 2.48. The minimum atomic E-state index is 0.0908. The van der Waals surface area contributed by atoms with Gasteiger partial charge in [0.15, 0.2) is 4.34 Å². The van der Waals surface area contributed by atoms with Gasteiger partial charge in [-0.05, 0) is 18.0 Å². The van der Waals surface area contributed by atoms with Crippen LogP contribution in [0.1, 0.15) is 24.2 Å². The molecule has 2 unspecified atom stereocenters. The Hall–Kier alpha value is -0.920. The summed E-state index contributed by atoms with van der Waals surface area (Å²) >= 11 is 3.06. The summed E-state index contributed by atoms with van der Waals surface area (Å²) in [5.74, 6) is 0. The van der Waals surface area contributed by atoms with E-state index in [0.29, 0.717) is 0 Å². The molecule has 0 aliphatic heterocycles. The van der Waals surface area contributed by atoms with E-state index in [9.17, 15) is 0 Å². The second kappa shape index (κ2) is 5.61. The Labute approximate surface area is 109 Å². The molecule has 0 fully saturated rings. The van der Waals surface area contributed by atoms with Gasteiger partial charge >= 0.3 is 0 Å². The van der Waals surface area contributed by atoms with E-state index in [1.165, 1.54) is 11.5 Å². The fraction of sp³-hybridized carbons (Fsp3) is 0.500. The van der Waals surface area contributed by atoms with E-state index < -0.39 is 0 Å². The molecule has 0 bridgehead atoms. The molecule has 2 aromatic heterocycles. The number of nitrogens with two attached hydrogens (primary N) is 1. The van der Waals surface area contributed by atoms with Crippen molar-refractivity contribution >= 4 is 23.3 Å². The van der Waals surface area contributed by atoms with E-state index in [4.69, 9.17) is 5.73 Å². The Morgan fingerprint density at radius 3 is 2.94 bits per heavy atom. The molecule has 2 atom stereocenters. The van der Waals surface area contributed by atoms with Crippen LogP contribution in [0.2, 0.25) is 0 Å². The third-order valence-corrected chi connectivity index (χ3v) is 4.64. The fourth-order valence-corrected chi connectivity index (χ4v) is 3.37. The maximum Gasteiger partial charge on any atom is 0.170 e. The second-order valence-corrected chi connectivity index (χ2v) is 5.93. The van der Waals surface area contributed by atoms with Crippen LogP contribution >= 0.6 is 23.3 Å². The number of hydrogen-bond acceptors (Lipinski definition) is 6. The summed E-state index contributed by atoms with van der Waals surface area (Å²) in [7, 11) is 1.91. The van der Waals surface area contributed by atoms with E-state index in [1.807, 2.05) is 19.4 Å². The van der Waals surface area contributed by atoms with Gasteiger partial charge in [-0.3, -0.25) is 4.68 Å². The van der Waals surface area contributed by atoms with Crippen LogP contribution in [0.25, 0.3) is 0 Å². The Morgan fingerprint density at radius 1 is 1.59 bits per heavy atom. The van der Waals surface area contributed by atoms with Crippen molar-refractivity contribution in [1.82, 2.24) is 19.1 Å². The zero-order chi connectivity index (χ0) is 12.3. The third kappa shape index (κ3) is 3.05. The van der Waals surface area contributed by atoms with Crippen LogP contribution in [0.5, 0.6) is 0 Å². The predicted octanol–water partition coefficient (Wildman–Crippen LogP) is 1.84. The number of nitrogens with zero attached hydrogens (tertiary/aromatic N) is 4. The molecule has 0 radical (unpaired) electrons. The standard InChI is InChI=1S/C10H15N5S2/c1-3-8(11)9(7-4-13-15(2)5-7)16-10-12-6-14-17-10/h4-6,8-9H,3,11H2,1-2H3. The maximum atomic E-state index is 6.17. The van der Waals surface area contributed by atoms with E-state index in [-0.39, 0.29) is 11.3 Å². The lowest BCUT2D eigenvalue weighted by molar-refractivity contribution is 0.633. The Balaban J connectivity index is 2.19. The smallest absolute Gasteiger partial charge is 0.170 e. The molecular weight excluding hydrogens is 254 g/mol. The highest BCUT2D eigenvalue weighted by atomic mass is 32.2. The first-order chi connectivity index (χ1) is 8.20. The van der Waals surface area contributed by atoms with Crippen LogP contribution < -0.4 is 5.73 Å². The molecular formula is C10H15N5S2. The van der Waals surface area contributed by atoms with Crippen LogP contribution in [0.15, 0.2) is 23.1 Å². The number of rotatable bonds is 5. The molecule has 2 N–H and O–H groups in total. The number of aromatic nitrogens is 4. The minimum Gasteiger partial charge on any atom is -0.326 e. The van der Waals surface area contributed by atoms with Crippen LogP contribution in [0.3, 0.4) is 0 Å². The van der Waals surface area contributed by atoms with Gasteiger partial charge in [0.1, 0.15) is 6.33 Å². The lowest BCUT2D eigenvalue weighted by Crippen LogP contribution is -2.25. The van der Waals surface area contributed by atoms with Crippen LogP contribution in [-0.4, -0.2) is 25.2 Å². The highest BCUT2D eigenvalue weighted by molar-refractivity contribution is 8.01. The van der Waals surface area contributed by atoms with Crippen molar-refractivity contribution in [3.05, 3.63) is 24.3 Å². The average Bonchev–Trinajstić information content (AvgIpc) is 2.96. The zero-order valence-corrected chi connectivity index (χ0v) is 11.4. The van der Waals surface area contributed by atoms with Crippen molar-refractivity contribution < 1.29 is 0 Å². The van der Waals surface area contributed by atoms with Crippen LogP contribution in [0, 0.1) is 0 Å². The normalized spacial score (nSPS) is 14.8. The SMILES string of the molecule is CCC(N)C(Sc1ncns1)c1cnn(C)c1. The molecule has 0 saturated heterocycles. The predicted molar refractivity (Wildman–Crippen MR) is 70.0 cm³/mol. The molecule has 0 saturated carbocycles. The summed E-state index contributed by atoms with van der Waals surface area (Å²) in [6, 6.07) is 0.0908. The number of thioether (sulfide) groups is 1. The quantitative estimate of drug-likeness (QED) is 0.839. The van der Waals surface area contributed by atoms with Crippen molar-refractivity contribution in [2.45, 2.75) is 29.0 Å². The Morgan fingerprint density at radius 2 is 2.41 bits per heavy atom. The largest absolute Gasteiger partial charge is 0.326 e. The molecule has 0 aliphatic rings. The van der Waals surface area contributed by atoms with Gasteiger partial charge in [-0.1, -0.05) is 18.7 Å². The van der Waals surface area contributed by atoms with Crippen molar-refractivity contribution in [3.8, 4) is 0 Å². The number of aryl methyl sites for hydroxylation is 1. The first-order valence-corrected chi connectivity index (χ1v) is 7.03. The molecule has 0 amide bonds. The van der Waals surface area contributed by atoms with Gasteiger partial charge in [-0.25, -0.2) is 4.98 Å². The van der Waals surface area contributed by atoms with Crippen LogP contribution in [-0.2, 0) is 7.05 Å². The number of hydrogen-bond donors (Lipinski definition) is 1. The zero-order valence-electron chi connectivity index (χ0n) is 9.78. The van der Waals surface area contributed by atoms with Crippen LogP contribution in [0.4, 0.5) is 0 Å². The molecule has 2 rings (SSSR count). The molecule has 5 nitrogen and oxygen atoms in total. The highest BCUT2D eigenvalue weighted by Gasteiger charge is 2.22. The summed E-state index contributed by atoms with van der Waals surface area (Å²) in [5.41, 5.74) is 7.31. The van der Waals surface area contributed by atoms with Gasteiger partial charge in [-0.2, -0.15) is 9.47 Å². The van der Waals surface area contributed by atoms with Gasteiger partial charge < -0.3 is 5.73 Å². The van der Waals surface area contributed by atoms with Crippen molar-refractivity contribution in [3.63, 3.8) is 0 Å². The summed E-state index contributed by atoms with van der Waals surface area (Å²) in [4.78, 5) is 4.19. The van der Waals surface area contributed by atoms with Crippen molar-refractivity contribution in [1.29, 1.82) is 0 Å². The van der Waals surface area contributed by atoms with E-state index in [0.717, 1.165) is 16.3 Å². The van der Waals surface area contributed by atoms with E-state index in [2.05, 4.69) is 21.4 Å². The molecule has 2 heterocycles. The summed E-state index contributed by atoms with van der Waals surface area (Å²) < 4.78 is 6.75. The molecule has 7 heteroatoms. The van der Waals surface area contributed by atoms with Gasteiger partial charge in [-0.15, -0.1) is 0 Å². The monoisotopic (exact) mass is 269 g/mol. The second-order valence-electron chi connectivity index (χ2n) is 3.77. The summed E-state index contributed by atoms with van der Waals surface area (Å²) in [5, 5.41) is 4.38. The summed E-state index contributed by atoms with van der Waals surface area (Å²) in [6.45, 7) is 2.09. The lowest BCUT2D eigenvalue weighted by atomic mass is 10.1. The average molecular weight is 269 g/mol. The maximum absolute atomic E-state index is 6.17. The van der Waals surface area contributed by atoms with E-state index >= 15 is 0 Å². The first-order valence-electron chi connectivity index (χ1n) is 5.38. The summed E-state index contributed by atoms with van der Waals surface area (Å²) in [6.07, 6.45) is 6.37. The van der Waals surface area contributed by atoms with Gasteiger partial charge in [0, 0.05) is 24.8 Å². The molecule has 17 heavy (non-hydrogen) atoms. The first kappa shape index (κ1) is 12.5.